The first-order chi connectivity index (χ1) is 12.8. The van der Waals surface area contributed by atoms with Crippen molar-refractivity contribution in [3.8, 4) is 0 Å². The second kappa shape index (κ2) is 8.09. The minimum Gasteiger partial charge on any atom is -0.371 e. The quantitative estimate of drug-likeness (QED) is 0.795. The van der Waals surface area contributed by atoms with Crippen molar-refractivity contribution in [3.63, 3.8) is 0 Å². The highest BCUT2D eigenvalue weighted by Crippen LogP contribution is 2.35. The van der Waals surface area contributed by atoms with E-state index in [1.54, 1.807) is 6.07 Å². The lowest BCUT2D eigenvalue weighted by atomic mass is 10.1. The molecule has 2 heterocycles. The smallest absolute Gasteiger partial charge is 0.371 e. The summed E-state index contributed by atoms with van der Waals surface area (Å²) in [7, 11) is 0. The van der Waals surface area contributed by atoms with Crippen LogP contribution in [0.5, 0.6) is 0 Å². The number of amides is 1. The van der Waals surface area contributed by atoms with Gasteiger partial charge in [0.2, 0.25) is 5.91 Å². The third kappa shape index (κ3) is 4.75. The maximum atomic E-state index is 13.2. The molecule has 0 atom stereocenters. The van der Waals surface area contributed by atoms with Crippen molar-refractivity contribution in [3.05, 3.63) is 29.3 Å². The van der Waals surface area contributed by atoms with Gasteiger partial charge in [0.15, 0.2) is 0 Å². The van der Waals surface area contributed by atoms with Gasteiger partial charge in [0.1, 0.15) is 0 Å². The standard InChI is InChI=1S/C20H28F3N3O/c1-15(2)19(27)26-11-9-24(10-12-26)14-16-5-6-17(20(21,22)23)13-18(16)25-7-3-4-8-25/h5-6,13,15H,3-4,7-12,14H2,1-2H3. The highest BCUT2D eigenvalue weighted by atomic mass is 19.4. The van der Waals surface area contributed by atoms with Crippen LogP contribution in [0.4, 0.5) is 18.9 Å². The number of halogens is 3. The topological polar surface area (TPSA) is 26.8 Å². The molecule has 0 bridgehead atoms. The van der Waals surface area contributed by atoms with E-state index in [0.717, 1.165) is 44.6 Å². The van der Waals surface area contributed by atoms with Gasteiger partial charge >= 0.3 is 6.18 Å². The van der Waals surface area contributed by atoms with Crippen LogP contribution >= 0.6 is 0 Å². The van der Waals surface area contributed by atoms with Crippen molar-refractivity contribution >= 4 is 11.6 Å². The van der Waals surface area contributed by atoms with Crippen molar-refractivity contribution in [2.24, 2.45) is 5.92 Å². The number of benzene rings is 1. The van der Waals surface area contributed by atoms with Crippen LogP contribution in [0.15, 0.2) is 18.2 Å². The summed E-state index contributed by atoms with van der Waals surface area (Å²) in [6, 6.07) is 4.12. The third-order valence-electron chi connectivity index (χ3n) is 5.43. The Kier molecular flexibility index (Phi) is 5.99. The van der Waals surface area contributed by atoms with E-state index in [4.69, 9.17) is 0 Å². The molecule has 0 unspecified atom stereocenters. The van der Waals surface area contributed by atoms with Crippen molar-refractivity contribution in [1.82, 2.24) is 9.80 Å². The van der Waals surface area contributed by atoms with Crippen LogP contribution in [0.25, 0.3) is 0 Å². The number of carbonyl (C=O) groups is 1. The van der Waals surface area contributed by atoms with Gasteiger partial charge in [0.05, 0.1) is 5.56 Å². The van der Waals surface area contributed by atoms with Crippen molar-refractivity contribution in [2.75, 3.05) is 44.2 Å². The molecular weight excluding hydrogens is 355 g/mol. The molecule has 0 spiro atoms. The molecule has 2 fully saturated rings. The zero-order valence-corrected chi connectivity index (χ0v) is 16.1. The number of alkyl halides is 3. The second-order valence-corrected chi connectivity index (χ2v) is 7.79. The largest absolute Gasteiger partial charge is 0.416 e. The van der Waals surface area contributed by atoms with Crippen LogP contribution in [-0.2, 0) is 17.5 Å². The van der Waals surface area contributed by atoms with E-state index in [1.165, 1.54) is 12.1 Å². The van der Waals surface area contributed by atoms with Crippen LogP contribution in [0.1, 0.15) is 37.8 Å². The lowest BCUT2D eigenvalue weighted by Gasteiger charge is -2.36. The molecule has 0 N–H and O–H groups in total. The maximum absolute atomic E-state index is 13.2. The number of piperazine rings is 1. The Hall–Kier alpha value is -1.76. The first-order valence-corrected chi connectivity index (χ1v) is 9.72. The lowest BCUT2D eigenvalue weighted by molar-refractivity contribution is -0.137. The average Bonchev–Trinajstić information content (AvgIpc) is 3.15. The minimum absolute atomic E-state index is 0.00627. The molecule has 0 aromatic heterocycles. The molecule has 3 rings (SSSR count). The second-order valence-electron chi connectivity index (χ2n) is 7.79. The van der Waals surface area contributed by atoms with E-state index in [0.29, 0.717) is 25.3 Å². The predicted molar refractivity (Wildman–Crippen MR) is 99.6 cm³/mol. The van der Waals surface area contributed by atoms with E-state index in [9.17, 15) is 18.0 Å². The summed E-state index contributed by atoms with van der Waals surface area (Å²) >= 11 is 0. The summed E-state index contributed by atoms with van der Waals surface area (Å²) in [5, 5.41) is 0. The zero-order valence-electron chi connectivity index (χ0n) is 16.1. The first-order valence-electron chi connectivity index (χ1n) is 9.72. The molecule has 0 saturated carbocycles. The average molecular weight is 383 g/mol. The minimum atomic E-state index is -4.32. The van der Waals surface area contributed by atoms with Gasteiger partial charge in [0, 0.05) is 57.4 Å². The van der Waals surface area contributed by atoms with E-state index in [2.05, 4.69) is 9.80 Å². The SMILES string of the molecule is CC(C)C(=O)N1CCN(Cc2ccc(C(F)(F)F)cc2N2CCCC2)CC1. The molecule has 4 nitrogen and oxygen atoms in total. The zero-order chi connectivity index (χ0) is 19.6. The Morgan fingerprint density at radius 1 is 1.04 bits per heavy atom. The first kappa shape index (κ1) is 20.0. The Morgan fingerprint density at radius 3 is 2.22 bits per heavy atom. The number of hydrogen-bond donors (Lipinski definition) is 0. The molecule has 2 aliphatic heterocycles. The molecule has 1 aromatic carbocycles. The Bertz CT molecular complexity index is 661. The van der Waals surface area contributed by atoms with Crippen LogP contribution < -0.4 is 4.90 Å². The molecule has 1 amide bonds. The molecule has 0 aliphatic carbocycles. The summed E-state index contributed by atoms with van der Waals surface area (Å²) in [6.07, 6.45) is -2.28. The van der Waals surface area contributed by atoms with E-state index >= 15 is 0 Å². The molecular formula is C20H28F3N3O. The third-order valence-corrected chi connectivity index (χ3v) is 5.43. The van der Waals surface area contributed by atoms with E-state index < -0.39 is 11.7 Å². The van der Waals surface area contributed by atoms with Gasteiger partial charge in [-0.25, -0.2) is 0 Å². The fraction of sp³-hybridized carbons (Fsp3) is 0.650. The lowest BCUT2D eigenvalue weighted by Crippen LogP contribution is -2.49. The molecule has 7 heteroatoms. The Morgan fingerprint density at radius 2 is 1.67 bits per heavy atom. The van der Waals surface area contributed by atoms with E-state index in [-0.39, 0.29) is 11.8 Å². The summed E-state index contributed by atoms with van der Waals surface area (Å²) in [5.41, 5.74) is 1.07. The predicted octanol–water partition coefficient (Wildman–Crippen LogP) is 3.61. The monoisotopic (exact) mass is 383 g/mol. The van der Waals surface area contributed by atoms with Gasteiger partial charge in [-0.1, -0.05) is 19.9 Å². The van der Waals surface area contributed by atoms with Crippen LogP contribution in [0, 0.1) is 5.92 Å². The van der Waals surface area contributed by atoms with Gasteiger partial charge in [-0.2, -0.15) is 13.2 Å². The molecule has 2 aliphatic rings. The van der Waals surface area contributed by atoms with Crippen LogP contribution in [0.2, 0.25) is 0 Å². The highest BCUT2D eigenvalue weighted by molar-refractivity contribution is 5.78. The van der Waals surface area contributed by atoms with Gasteiger partial charge < -0.3 is 9.80 Å². The van der Waals surface area contributed by atoms with Crippen molar-refractivity contribution in [1.29, 1.82) is 0 Å². The van der Waals surface area contributed by atoms with Crippen molar-refractivity contribution < 1.29 is 18.0 Å². The Labute approximate surface area is 158 Å². The molecule has 0 radical (unpaired) electrons. The number of carbonyl (C=O) groups excluding carboxylic acids is 1. The molecule has 27 heavy (non-hydrogen) atoms. The molecule has 1 aromatic rings. The van der Waals surface area contributed by atoms with Gasteiger partial charge in [0.25, 0.3) is 0 Å². The van der Waals surface area contributed by atoms with Gasteiger partial charge in [-0.15, -0.1) is 0 Å². The van der Waals surface area contributed by atoms with E-state index in [1.807, 2.05) is 18.7 Å². The summed E-state index contributed by atoms with van der Waals surface area (Å²) in [5.74, 6) is 0.162. The fourth-order valence-electron chi connectivity index (χ4n) is 3.86. The van der Waals surface area contributed by atoms with Crippen molar-refractivity contribution in [2.45, 2.75) is 39.4 Å². The highest BCUT2D eigenvalue weighted by Gasteiger charge is 2.32. The summed E-state index contributed by atoms with van der Waals surface area (Å²) in [6.45, 7) is 8.90. The summed E-state index contributed by atoms with van der Waals surface area (Å²) < 4.78 is 39.5. The number of rotatable bonds is 4. The maximum Gasteiger partial charge on any atom is 0.416 e. The van der Waals surface area contributed by atoms with Crippen LogP contribution in [-0.4, -0.2) is 55.0 Å². The normalized spacial score (nSPS) is 19.2. The number of hydrogen-bond acceptors (Lipinski definition) is 3. The molecule has 2 saturated heterocycles. The number of anilines is 1. The van der Waals surface area contributed by atoms with Crippen LogP contribution in [0.3, 0.4) is 0 Å². The fourth-order valence-corrected chi connectivity index (χ4v) is 3.86. The Balaban J connectivity index is 1.72. The molecule has 150 valence electrons. The summed E-state index contributed by atoms with van der Waals surface area (Å²) in [4.78, 5) is 18.3. The van der Waals surface area contributed by atoms with Gasteiger partial charge in [-0.05, 0) is 30.5 Å². The number of nitrogens with zero attached hydrogens (tertiary/aromatic N) is 3. The van der Waals surface area contributed by atoms with Gasteiger partial charge in [-0.3, -0.25) is 9.69 Å².